The number of hydrogen-bond acceptors (Lipinski definition) is 9. The molecule has 12 heteroatoms. The molecule has 7 atom stereocenters. The van der Waals surface area contributed by atoms with E-state index in [1.807, 2.05) is 0 Å². The minimum Gasteiger partial charge on any atom is -0.388 e. The van der Waals surface area contributed by atoms with Crippen molar-refractivity contribution in [1.82, 2.24) is 14.5 Å². The van der Waals surface area contributed by atoms with Gasteiger partial charge in [-0.2, -0.15) is 0 Å². The minimum absolute atomic E-state index is 0.0128. The first-order valence-corrected chi connectivity index (χ1v) is 11.8. The summed E-state index contributed by atoms with van der Waals surface area (Å²) in [6.45, 7) is 6.19. The Bertz CT molecular complexity index is 983. The highest BCUT2D eigenvalue weighted by molar-refractivity contribution is 7.54. The second kappa shape index (κ2) is 8.40. The zero-order valence-electron chi connectivity index (χ0n) is 18.0. The van der Waals surface area contributed by atoms with Crippen molar-refractivity contribution in [2.24, 2.45) is 0 Å². The Labute approximate surface area is 180 Å². The molecule has 1 saturated heterocycles. The first-order valence-electron chi connectivity index (χ1n) is 10.2. The molecule has 0 spiro atoms. The van der Waals surface area contributed by atoms with Crippen LogP contribution in [0.1, 0.15) is 53.2 Å². The van der Waals surface area contributed by atoms with Crippen LogP contribution in [0, 0.1) is 0 Å². The zero-order valence-corrected chi connectivity index (χ0v) is 18.9. The van der Waals surface area contributed by atoms with Gasteiger partial charge in [0.05, 0.1) is 17.1 Å². The molecule has 31 heavy (non-hydrogen) atoms. The molecule has 0 aliphatic carbocycles. The van der Waals surface area contributed by atoms with E-state index in [2.05, 4.69) is 9.97 Å². The average molecular weight is 458 g/mol. The van der Waals surface area contributed by atoms with E-state index >= 15 is 0 Å². The SMILES string of the molecule is CCC(C)(CC1OC(n2ccc3c(N)ncnc32)C(O)C1O)OP(=O)(O)C(C)(O)CC. The van der Waals surface area contributed by atoms with Gasteiger partial charge < -0.3 is 39.8 Å². The smallest absolute Gasteiger partial charge is 0.359 e. The minimum atomic E-state index is -4.41. The molecule has 174 valence electrons. The molecule has 6 N–H and O–H groups in total. The van der Waals surface area contributed by atoms with Gasteiger partial charge in [-0.15, -0.1) is 0 Å². The average Bonchev–Trinajstić information content (AvgIpc) is 3.25. The maximum absolute atomic E-state index is 12.7. The maximum atomic E-state index is 12.7. The molecule has 7 unspecified atom stereocenters. The summed E-state index contributed by atoms with van der Waals surface area (Å²) < 4.78 is 25.7. The van der Waals surface area contributed by atoms with Crippen LogP contribution in [0.25, 0.3) is 11.0 Å². The largest absolute Gasteiger partial charge is 0.388 e. The first-order chi connectivity index (χ1) is 14.4. The van der Waals surface area contributed by atoms with Gasteiger partial charge in [-0.05, 0) is 32.8 Å². The Hall–Kier alpha value is -1.59. The van der Waals surface area contributed by atoms with Crippen LogP contribution in [0.15, 0.2) is 18.6 Å². The van der Waals surface area contributed by atoms with Gasteiger partial charge in [-0.25, -0.2) is 9.97 Å². The first kappa shape index (κ1) is 24.1. The fraction of sp³-hybridized carbons (Fsp3) is 0.684. The normalized spacial score (nSPS) is 30.1. The van der Waals surface area contributed by atoms with Gasteiger partial charge in [-0.1, -0.05) is 13.8 Å². The molecule has 1 aliphatic rings. The second-order valence-corrected chi connectivity index (χ2v) is 10.6. The number of rotatable bonds is 8. The van der Waals surface area contributed by atoms with Crippen molar-refractivity contribution in [2.75, 3.05) is 5.73 Å². The predicted molar refractivity (Wildman–Crippen MR) is 113 cm³/mol. The van der Waals surface area contributed by atoms with Crippen molar-refractivity contribution in [3.63, 3.8) is 0 Å². The molecule has 0 saturated carbocycles. The molecule has 0 bridgehead atoms. The van der Waals surface area contributed by atoms with E-state index in [1.54, 1.807) is 37.6 Å². The second-order valence-electron chi connectivity index (χ2n) is 8.46. The van der Waals surface area contributed by atoms with E-state index in [0.29, 0.717) is 17.5 Å². The van der Waals surface area contributed by atoms with Crippen LogP contribution in [0.3, 0.4) is 0 Å². The summed E-state index contributed by atoms with van der Waals surface area (Å²) >= 11 is 0. The lowest BCUT2D eigenvalue weighted by Gasteiger charge is -2.37. The third kappa shape index (κ3) is 4.36. The molecule has 0 amide bonds. The van der Waals surface area contributed by atoms with Crippen molar-refractivity contribution in [1.29, 1.82) is 0 Å². The van der Waals surface area contributed by atoms with Crippen LogP contribution in [-0.2, 0) is 13.8 Å². The lowest BCUT2D eigenvalue weighted by atomic mass is 9.93. The summed E-state index contributed by atoms with van der Waals surface area (Å²) in [7, 11) is -4.41. The Balaban J connectivity index is 1.83. The van der Waals surface area contributed by atoms with Crippen molar-refractivity contribution in [2.45, 2.75) is 82.4 Å². The Kier molecular flexibility index (Phi) is 6.52. The van der Waals surface area contributed by atoms with Gasteiger partial charge in [-0.3, -0.25) is 4.57 Å². The molecule has 1 aliphatic heterocycles. The summed E-state index contributed by atoms with van der Waals surface area (Å²) in [5.74, 6) is 0.280. The summed E-state index contributed by atoms with van der Waals surface area (Å²) in [5.41, 5.74) is 5.10. The van der Waals surface area contributed by atoms with Gasteiger partial charge >= 0.3 is 7.60 Å². The Morgan fingerprint density at radius 2 is 1.94 bits per heavy atom. The summed E-state index contributed by atoms with van der Waals surface area (Å²) in [5, 5.41) is 30.2. The Morgan fingerprint density at radius 3 is 2.55 bits per heavy atom. The molecule has 3 heterocycles. The third-order valence-corrected chi connectivity index (χ3v) is 8.38. The van der Waals surface area contributed by atoms with Crippen molar-refractivity contribution in [3.8, 4) is 0 Å². The predicted octanol–water partition coefficient (Wildman–Crippen LogP) is 1.51. The number of nitrogen functional groups attached to an aromatic ring is 1. The quantitative estimate of drug-likeness (QED) is 0.365. The van der Waals surface area contributed by atoms with Crippen molar-refractivity contribution in [3.05, 3.63) is 18.6 Å². The number of nitrogens with two attached hydrogens (primary N) is 1. The molecule has 2 aromatic rings. The van der Waals surface area contributed by atoms with Crippen LogP contribution in [0.5, 0.6) is 0 Å². The maximum Gasteiger partial charge on any atom is 0.359 e. The molecule has 2 aromatic heterocycles. The molecule has 0 radical (unpaired) electrons. The number of fused-ring (bicyclic) bond motifs is 1. The Morgan fingerprint density at radius 1 is 1.26 bits per heavy atom. The molecule has 1 fully saturated rings. The molecule has 0 aromatic carbocycles. The molecule has 11 nitrogen and oxygen atoms in total. The molecular weight excluding hydrogens is 427 g/mol. The van der Waals surface area contributed by atoms with Crippen LogP contribution >= 0.6 is 7.60 Å². The van der Waals surface area contributed by atoms with E-state index in [4.69, 9.17) is 15.0 Å². The zero-order chi connectivity index (χ0) is 23.2. The number of aliphatic hydroxyl groups excluding tert-OH is 2. The van der Waals surface area contributed by atoms with Crippen LogP contribution in [0.4, 0.5) is 5.82 Å². The van der Waals surface area contributed by atoms with Gasteiger partial charge in [0.1, 0.15) is 30.0 Å². The number of aliphatic hydroxyl groups is 3. The standard InChI is InChI=1S/C19H31N4O7P/c1-5-18(3,30-31(27,28)19(4,26)6-2)9-12-13(24)14(25)17(29-12)23-8-7-11-15(20)21-10-22-16(11)23/h7-8,10,12-14,17,24-26H,5-6,9H2,1-4H3,(H,27,28)(H2,20,21,22). The fourth-order valence-electron chi connectivity index (χ4n) is 3.59. The van der Waals surface area contributed by atoms with E-state index in [1.165, 1.54) is 13.3 Å². The van der Waals surface area contributed by atoms with Crippen LogP contribution < -0.4 is 5.73 Å². The van der Waals surface area contributed by atoms with Crippen LogP contribution in [0.2, 0.25) is 0 Å². The third-order valence-electron chi connectivity index (χ3n) is 6.15. The summed E-state index contributed by atoms with van der Waals surface area (Å²) in [6.07, 6.45) is -1.13. The molecular formula is C19H31N4O7P. The van der Waals surface area contributed by atoms with E-state index < -0.39 is 43.1 Å². The fourth-order valence-corrected chi connectivity index (χ4v) is 4.99. The highest BCUT2D eigenvalue weighted by Gasteiger charge is 2.50. The molecule has 3 rings (SSSR count). The number of anilines is 1. The van der Waals surface area contributed by atoms with Gasteiger partial charge in [0.25, 0.3) is 0 Å². The van der Waals surface area contributed by atoms with Crippen LogP contribution in [-0.4, -0.2) is 64.0 Å². The number of ether oxygens (including phenoxy) is 1. The number of hydrogen-bond donors (Lipinski definition) is 5. The van der Waals surface area contributed by atoms with Gasteiger partial charge in [0, 0.05) is 12.6 Å². The lowest BCUT2D eigenvalue weighted by Crippen LogP contribution is -2.40. The lowest BCUT2D eigenvalue weighted by molar-refractivity contribution is -0.0688. The highest BCUT2D eigenvalue weighted by atomic mass is 31.2. The number of nitrogens with zero attached hydrogens (tertiary/aromatic N) is 3. The van der Waals surface area contributed by atoms with Crippen molar-refractivity contribution < 1.29 is 34.0 Å². The number of aromatic nitrogens is 3. The topological polar surface area (TPSA) is 173 Å². The highest BCUT2D eigenvalue weighted by Crippen LogP contribution is 2.59. The summed E-state index contributed by atoms with van der Waals surface area (Å²) in [4.78, 5) is 18.5. The van der Waals surface area contributed by atoms with Gasteiger partial charge in [0.15, 0.2) is 11.6 Å². The van der Waals surface area contributed by atoms with E-state index in [0.717, 1.165) is 0 Å². The summed E-state index contributed by atoms with van der Waals surface area (Å²) in [6, 6.07) is 1.69. The monoisotopic (exact) mass is 458 g/mol. The van der Waals surface area contributed by atoms with Gasteiger partial charge in [0.2, 0.25) is 0 Å². The van der Waals surface area contributed by atoms with Crippen molar-refractivity contribution >= 4 is 24.4 Å². The van der Waals surface area contributed by atoms with E-state index in [9.17, 15) is 24.8 Å². The van der Waals surface area contributed by atoms with E-state index in [-0.39, 0.29) is 18.7 Å².